The van der Waals surface area contributed by atoms with E-state index < -0.39 is 5.97 Å². The lowest BCUT2D eigenvalue weighted by Crippen LogP contribution is -2.16. The maximum Gasteiger partial charge on any atom is 0.307 e. The molecule has 10 heavy (non-hydrogen) atoms. The Labute approximate surface area is 61.4 Å². The average Bonchev–Trinajstić information content (AvgIpc) is 2.42. The van der Waals surface area contributed by atoms with Crippen LogP contribution >= 0.6 is 0 Å². The van der Waals surface area contributed by atoms with Crippen LogP contribution < -0.4 is 5.32 Å². The highest BCUT2D eigenvalue weighted by molar-refractivity contribution is 5.70. The number of hydrogen-bond donors (Lipinski definition) is 2. The highest BCUT2D eigenvalue weighted by atomic mass is 16.4. The SMILES string of the molecule is CC.O=C(O)C1CCNC1. The molecule has 0 radical (unpaired) electrons. The van der Waals surface area contributed by atoms with Gasteiger partial charge >= 0.3 is 5.97 Å². The molecule has 0 spiro atoms. The summed E-state index contributed by atoms with van der Waals surface area (Å²) in [6.07, 6.45) is 0.787. The minimum atomic E-state index is -0.671. The molecule has 1 unspecified atom stereocenters. The topological polar surface area (TPSA) is 49.3 Å². The normalized spacial score (nSPS) is 23.2. The van der Waals surface area contributed by atoms with Crippen molar-refractivity contribution in [2.45, 2.75) is 20.3 Å². The van der Waals surface area contributed by atoms with Crippen LogP contribution in [0.2, 0.25) is 0 Å². The molecule has 0 aromatic heterocycles. The Balaban J connectivity index is 0.000000371. The molecule has 2 N–H and O–H groups in total. The molecule has 3 nitrogen and oxygen atoms in total. The van der Waals surface area contributed by atoms with E-state index in [4.69, 9.17) is 5.11 Å². The molecule has 1 rings (SSSR count). The van der Waals surface area contributed by atoms with E-state index in [-0.39, 0.29) is 5.92 Å². The summed E-state index contributed by atoms with van der Waals surface area (Å²) in [5.74, 6) is -0.801. The molecule has 0 aromatic rings. The van der Waals surface area contributed by atoms with Crippen molar-refractivity contribution in [3.8, 4) is 0 Å². The first-order valence-corrected chi connectivity index (χ1v) is 3.74. The second-order valence-electron chi connectivity index (χ2n) is 2.03. The molecular weight excluding hydrogens is 130 g/mol. The molecule has 0 aliphatic carbocycles. The standard InChI is InChI=1S/C5H9NO2.C2H6/c7-5(8)4-1-2-6-3-4;1-2/h4,6H,1-3H2,(H,7,8);1-2H3. The Hall–Kier alpha value is -0.570. The molecule has 0 saturated carbocycles. The molecule has 1 fully saturated rings. The fourth-order valence-corrected chi connectivity index (χ4v) is 0.865. The van der Waals surface area contributed by atoms with Gasteiger partial charge in [-0.15, -0.1) is 0 Å². The molecule has 1 atom stereocenters. The van der Waals surface area contributed by atoms with Crippen LogP contribution in [0.1, 0.15) is 20.3 Å². The monoisotopic (exact) mass is 145 g/mol. The van der Waals surface area contributed by atoms with E-state index in [2.05, 4.69) is 5.32 Å². The summed E-state index contributed by atoms with van der Waals surface area (Å²) in [7, 11) is 0. The van der Waals surface area contributed by atoms with Crippen LogP contribution in [-0.4, -0.2) is 24.2 Å². The van der Waals surface area contributed by atoms with Crippen LogP contribution in [0.15, 0.2) is 0 Å². The summed E-state index contributed by atoms with van der Waals surface area (Å²) in [6, 6.07) is 0. The van der Waals surface area contributed by atoms with Crippen LogP contribution in [0.3, 0.4) is 0 Å². The fourth-order valence-electron chi connectivity index (χ4n) is 0.865. The third-order valence-electron chi connectivity index (χ3n) is 1.41. The minimum Gasteiger partial charge on any atom is -0.481 e. The van der Waals surface area contributed by atoms with Gasteiger partial charge in [0, 0.05) is 6.54 Å². The molecule has 1 heterocycles. The first kappa shape index (κ1) is 9.43. The van der Waals surface area contributed by atoms with E-state index in [1.165, 1.54) is 0 Å². The van der Waals surface area contributed by atoms with Gasteiger partial charge in [0.25, 0.3) is 0 Å². The molecule has 0 bridgehead atoms. The highest BCUT2D eigenvalue weighted by Crippen LogP contribution is 2.05. The molecular formula is C7H15NO2. The average molecular weight is 145 g/mol. The number of carbonyl (C=O) groups is 1. The molecule has 3 heteroatoms. The van der Waals surface area contributed by atoms with Crippen molar-refractivity contribution in [3.05, 3.63) is 0 Å². The van der Waals surface area contributed by atoms with Gasteiger partial charge in [0.05, 0.1) is 5.92 Å². The Morgan fingerprint density at radius 2 is 2.20 bits per heavy atom. The quantitative estimate of drug-likeness (QED) is 0.571. The smallest absolute Gasteiger partial charge is 0.307 e. The summed E-state index contributed by atoms with van der Waals surface area (Å²) in [4.78, 5) is 10.2. The fraction of sp³-hybridized carbons (Fsp3) is 0.857. The summed E-state index contributed by atoms with van der Waals surface area (Å²) >= 11 is 0. The van der Waals surface area contributed by atoms with Crippen molar-refractivity contribution in [2.24, 2.45) is 5.92 Å². The van der Waals surface area contributed by atoms with Gasteiger partial charge in [-0.1, -0.05) is 13.8 Å². The molecule has 1 saturated heterocycles. The number of aliphatic carboxylic acids is 1. The Morgan fingerprint density at radius 1 is 1.60 bits per heavy atom. The zero-order valence-electron chi connectivity index (χ0n) is 6.55. The van der Waals surface area contributed by atoms with E-state index in [0.29, 0.717) is 6.54 Å². The first-order chi connectivity index (χ1) is 4.80. The number of carboxylic acid groups (broad SMARTS) is 1. The van der Waals surface area contributed by atoms with Crippen molar-refractivity contribution in [1.29, 1.82) is 0 Å². The third kappa shape index (κ3) is 2.82. The van der Waals surface area contributed by atoms with Crippen molar-refractivity contribution >= 4 is 5.97 Å². The molecule has 0 aromatic carbocycles. The zero-order chi connectivity index (χ0) is 7.98. The number of rotatable bonds is 1. The lowest BCUT2D eigenvalue weighted by atomic mass is 10.1. The van der Waals surface area contributed by atoms with E-state index in [0.717, 1.165) is 13.0 Å². The van der Waals surface area contributed by atoms with Crippen molar-refractivity contribution in [2.75, 3.05) is 13.1 Å². The summed E-state index contributed by atoms with van der Waals surface area (Å²) in [5.41, 5.74) is 0. The van der Waals surface area contributed by atoms with Gasteiger partial charge in [0.1, 0.15) is 0 Å². The molecule has 60 valence electrons. The zero-order valence-corrected chi connectivity index (χ0v) is 6.55. The lowest BCUT2D eigenvalue weighted by Gasteiger charge is -1.96. The Kier molecular flexibility index (Phi) is 4.94. The van der Waals surface area contributed by atoms with Gasteiger partial charge in [-0.25, -0.2) is 0 Å². The Morgan fingerprint density at radius 3 is 2.40 bits per heavy atom. The number of hydrogen-bond acceptors (Lipinski definition) is 2. The maximum absolute atomic E-state index is 10.2. The van der Waals surface area contributed by atoms with Gasteiger partial charge in [-0.3, -0.25) is 4.79 Å². The number of nitrogens with one attached hydrogen (secondary N) is 1. The van der Waals surface area contributed by atoms with Gasteiger partial charge in [-0.05, 0) is 13.0 Å². The van der Waals surface area contributed by atoms with Crippen molar-refractivity contribution < 1.29 is 9.90 Å². The minimum absolute atomic E-state index is 0.130. The van der Waals surface area contributed by atoms with Gasteiger partial charge in [0.15, 0.2) is 0 Å². The van der Waals surface area contributed by atoms with Crippen LogP contribution in [-0.2, 0) is 4.79 Å². The van der Waals surface area contributed by atoms with Crippen molar-refractivity contribution in [1.82, 2.24) is 5.32 Å². The van der Waals surface area contributed by atoms with Crippen LogP contribution in [0.5, 0.6) is 0 Å². The molecule has 0 amide bonds. The van der Waals surface area contributed by atoms with E-state index >= 15 is 0 Å². The third-order valence-corrected chi connectivity index (χ3v) is 1.41. The Bertz CT molecular complexity index is 97.8. The van der Waals surface area contributed by atoms with Crippen LogP contribution in [0.25, 0.3) is 0 Å². The summed E-state index contributed by atoms with van der Waals surface area (Å²) < 4.78 is 0. The first-order valence-electron chi connectivity index (χ1n) is 3.74. The van der Waals surface area contributed by atoms with Gasteiger partial charge in [0.2, 0.25) is 0 Å². The van der Waals surface area contributed by atoms with Crippen LogP contribution in [0.4, 0.5) is 0 Å². The molecule has 1 aliphatic heterocycles. The number of carboxylic acids is 1. The molecule has 1 aliphatic rings. The predicted octanol–water partition coefficient (Wildman–Crippen LogP) is 0.707. The van der Waals surface area contributed by atoms with Crippen molar-refractivity contribution in [3.63, 3.8) is 0 Å². The van der Waals surface area contributed by atoms with E-state index in [1.54, 1.807) is 0 Å². The van der Waals surface area contributed by atoms with E-state index in [9.17, 15) is 4.79 Å². The second-order valence-corrected chi connectivity index (χ2v) is 2.03. The summed E-state index contributed by atoms with van der Waals surface area (Å²) in [5, 5.41) is 11.3. The highest BCUT2D eigenvalue weighted by Gasteiger charge is 2.20. The summed E-state index contributed by atoms with van der Waals surface area (Å²) in [6.45, 7) is 5.51. The lowest BCUT2D eigenvalue weighted by molar-refractivity contribution is -0.140. The predicted molar refractivity (Wildman–Crippen MR) is 40.0 cm³/mol. The second kappa shape index (κ2) is 5.23. The maximum atomic E-state index is 10.2. The van der Waals surface area contributed by atoms with E-state index in [1.807, 2.05) is 13.8 Å². The van der Waals surface area contributed by atoms with Gasteiger partial charge in [-0.2, -0.15) is 0 Å². The van der Waals surface area contributed by atoms with Crippen LogP contribution in [0, 0.1) is 5.92 Å². The van der Waals surface area contributed by atoms with Gasteiger partial charge < -0.3 is 10.4 Å². The largest absolute Gasteiger partial charge is 0.481 e.